The highest BCUT2D eigenvalue weighted by molar-refractivity contribution is 7.98. The topological polar surface area (TPSA) is 106 Å². The highest BCUT2D eigenvalue weighted by Crippen LogP contribution is 2.14. The standard InChI is InChI=1S/C14H21N5O3S/c1-4-9(20)7-19-12(15-11(17-19)5-6-23-3)10-8-18(2)14(22)16-13(10)21/h8-9,20H,4-7H2,1-3H3,(H,16,21,22). The van der Waals surface area contributed by atoms with Crippen molar-refractivity contribution in [3.63, 3.8) is 0 Å². The number of thioether (sulfide) groups is 1. The molecule has 0 saturated carbocycles. The van der Waals surface area contributed by atoms with Crippen molar-refractivity contribution in [3.05, 3.63) is 32.9 Å². The molecule has 0 bridgehead atoms. The molecule has 2 N–H and O–H groups in total. The predicted octanol–water partition coefficient (Wildman–Crippen LogP) is 0.00850. The molecule has 2 aromatic heterocycles. The fraction of sp³-hybridized carbons (Fsp3) is 0.571. The van der Waals surface area contributed by atoms with E-state index in [0.29, 0.717) is 24.5 Å². The second-order valence-electron chi connectivity index (χ2n) is 5.25. The van der Waals surface area contributed by atoms with E-state index in [-0.39, 0.29) is 12.1 Å². The maximum absolute atomic E-state index is 12.1. The van der Waals surface area contributed by atoms with Gasteiger partial charge in [0, 0.05) is 25.4 Å². The number of aromatic nitrogens is 5. The summed E-state index contributed by atoms with van der Waals surface area (Å²) < 4.78 is 2.83. The molecule has 0 aliphatic rings. The molecule has 0 aliphatic heterocycles. The monoisotopic (exact) mass is 339 g/mol. The molecule has 1 atom stereocenters. The van der Waals surface area contributed by atoms with Crippen LogP contribution in [0.2, 0.25) is 0 Å². The van der Waals surface area contributed by atoms with E-state index in [1.54, 1.807) is 23.5 Å². The molecule has 23 heavy (non-hydrogen) atoms. The van der Waals surface area contributed by atoms with E-state index in [0.717, 1.165) is 5.75 Å². The lowest BCUT2D eigenvalue weighted by atomic mass is 10.2. The van der Waals surface area contributed by atoms with Crippen molar-refractivity contribution in [2.24, 2.45) is 7.05 Å². The highest BCUT2D eigenvalue weighted by atomic mass is 32.2. The van der Waals surface area contributed by atoms with Crippen molar-refractivity contribution < 1.29 is 5.11 Å². The molecule has 0 aromatic carbocycles. The molecule has 0 amide bonds. The van der Waals surface area contributed by atoms with Gasteiger partial charge in [-0.1, -0.05) is 6.92 Å². The lowest BCUT2D eigenvalue weighted by molar-refractivity contribution is 0.145. The zero-order valence-electron chi connectivity index (χ0n) is 13.4. The lowest BCUT2D eigenvalue weighted by Crippen LogP contribution is -2.29. The van der Waals surface area contributed by atoms with E-state index in [2.05, 4.69) is 15.1 Å². The van der Waals surface area contributed by atoms with Crippen LogP contribution < -0.4 is 11.2 Å². The molecule has 0 saturated heterocycles. The third-order valence-corrected chi connectivity index (χ3v) is 4.06. The average molecular weight is 339 g/mol. The smallest absolute Gasteiger partial charge is 0.328 e. The number of nitrogens with zero attached hydrogens (tertiary/aromatic N) is 4. The van der Waals surface area contributed by atoms with E-state index in [4.69, 9.17) is 0 Å². The van der Waals surface area contributed by atoms with E-state index in [1.165, 1.54) is 10.8 Å². The van der Waals surface area contributed by atoms with Gasteiger partial charge in [-0.2, -0.15) is 16.9 Å². The van der Waals surface area contributed by atoms with E-state index >= 15 is 0 Å². The fourth-order valence-corrected chi connectivity index (χ4v) is 2.45. The Bertz CT molecular complexity index is 779. The van der Waals surface area contributed by atoms with Crippen LogP contribution in [0.25, 0.3) is 11.4 Å². The van der Waals surface area contributed by atoms with Gasteiger partial charge in [0.15, 0.2) is 11.6 Å². The Morgan fingerprint density at radius 3 is 2.83 bits per heavy atom. The zero-order chi connectivity index (χ0) is 17.0. The Labute approximate surface area is 137 Å². The van der Waals surface area contributed by atoms with Gasteiger partial charge < -0.3 is 9.67 Å². The van der Waals surface area contributed by atoms with Crippen LogP contribution in [0, 0.1) is 0 Å². The molecular formula is C14H21N5O3S. The number of hydrogen-bond acceptors (Lipinski definition) is 6. The Balaban J connectivity index is 2.50. The van der Waals surface area contributed by atoms with Crippen LogP contribution in [-0.4, -0.2) is 47.5 Å². The van der Waals surface area contributed by atoms with Gasteiger partial charge in [-0.25, -0.2) is 14.5 Å². The van der Waals surface area contributed by atoms with Gasteiger partial charge >= 0.3 is 5.69 Å². The number of H-pyrrole nitrogens is 1. The molecule has 2 heterocycles. The second kappa shape index (κ2) is 7.60. The normalized spacial score (nSPS) is 12.5. The average Bonchev–Trinajstić information content (AvgIpc) is 2.91. The summed E-state index contributed by atoms with van der Waals surface area (Å²) in [5.41, 5.74) is -0.733. The number of aryl methyl sites for hydroxylation is 2. The third kappa shape index (κ3) is 4.11. The minimum atomic E-state index is -0.574. The number of aromatic amines is 1. The number of hydrogen-bond donors (Lipinski definition) is 2. The highest BCUT2D eigenvalue weighted by Gasteiger charge is 2.17. The van der Waals surface area contributed by atoms with Gasteiger partial charge in [0.25, 0.3) is 5.56 Å². The molecule has 2 aromatic rings. The summed E-state index contributed by atoms with van der Waals surface area (Å²) in [4.78, 5) is 30.3. The molecule has 0 aliphatic carbocycles. The summed E-state index contributed by atoms with van der Waals surface area (Å²) in [7, 11) is 1.55. The maximum Gasteiger partial charge on any atom is 0.328 e. The van der Waals surface area contributed by atoms with Crippen molar-refractivity contribution in [1.82, 2.24) is 24.3 Å². The molecule has 0 fully saturated rings. The van der Waals surface area contributed by atoms with Crippen molar-refractivity contribution in [3.8, 4) is 11.4 Å². The van der Waals surface area contributed by atoms with Crippen LogP contribution >= 0.6 is 11.8 Å². The van der Waals surface area contributed by atoms with Gasteiger partial charge in [0.1, 0.15) is 5.56 Å². The van der Waals surface area contributed by atoms with Crippen LogP contribution in [-0.2, 0) is 20.0 Å². The van der Waals surface area contributed by atoms with Crippen LogP contribution in [0.4, 0.5) is 0 Å². The largest absolute Gasteiger partial charge is 0.391 e. The predicted molar refractivity (Wildman–Crippen MR) is 89.7 cm³/mol. The van der Waals surface area contributed by atoms with Crippen LogP contribution in [0.1, 0.15) is 19.2 Å². The SMILES string of the molecule is CCC(O)Cn1nc(CCSC)nc1-c1cn(C)c(=O)[nH]c1=O. The summed E-state index contributed by atoms with van der Waals surface area (Å²) in [5.74, 6) is 1.85. The molecule has 9 heteroatoms. The number of aliphatic hydroxyl groups excluding tert-OH is 1. The zero-order valence-corrected chi connectivity index (χ0v) is 14.3. The van der Waals surface area contributed by atoms with E-state index in [9.17, 15) is 14.7 Å². The minimum absolute atomic E-state index is 0.250. The minimum Gasteiger partial charge on any atom is -0.391 e. The fourth-order valence-electron chi connectivity index (χ4n) is 2.07. The first-order valence-corrected chi connectivity index (χ1v) is 8.76. The Morgan fingerprint density at radius 2 is 2.17 bits per heavy atom. The van der Waals surface area contributed by atoms with Crippen LogP contribution in [0.3, 0.4) is 0 Å². The summed E-state index contributed by atoms with van der Waals surface area (Å²) >= 11 is 1.68. The first-order chi connectivity index (χ1) is 11.0. The quantitative estimate of drug-likeness (QED) is 0.736. The van der Waals surface area contributed by atoms with Gasteiger partial charge in [-0.3, -0.25) is 9.78 Å². The number of nitrogens with one attached hydrogen (secondary N) is 1. The van der Waals surface area contributed by atoms with Crippen molar-refractivity contribution in [1.29, 1.82) is 0 Å². The van der Waals surface area contributed by atoms with Gasteiger partial charge in [0.2, 0.25) is 0 Å². The molecule has 0 radical (unpaired) electrons. The number of rotatable bonds is 7. The molecular weight excluding hydrogens is 318 g/mol. The molecule has 126 valence electrons. The maximum atomic E-state index is 12.1. The lowest BCUT2D eigenvalue weighted by Gasteiger charge is -2.10. The molecule has 8 nitrogen and oxygen atoms in total. The van der Waals surface area contributed by atoms with Gasteiger partial charge in [0.05, 0.1) is 12.6 Å². The molecule has 1 unspecified atom stereocenters. The molecule has 0 spiro atoms. The van der Waals surface area contributed by atoms with Gasteiger partial charge in [-0.15, -0.1) is 0 Å². The Kier molecular flexibility index (Phi) is 5.78. The van der Waals surface area contributed by atoms with Crippen molar-refractivity contribution in [2.45, 2.75) is 32.4 Å². The van der Waals surface area contributed by atoms with Gasteiger partial charge in [-0.05, 0) is 12.7 Å². The van der Waals surface area contributed by atoms with Crippen LogP contribution in [0.5, 0.6) is 0 Å². The van der Waals surface area contributed by atoms with Crippen molar-refractivity contribution >= 4 is 11.8 Å². The first-order valence-electron chi connectivity index (χ1n) is 7.37. The number of aliphatic hydroxyl groups is 1. The summed E-state index contributed by atoms with van der Waals surface area (Å²) in [6, 6.07) is 0. The Morgan fingerprint density at radius 1 is 1.43 bits per heavy atom. The van der Waals surface area contributed by atoms with Crippen LogP contribution in [0.15, 0.2) is 15.8 Å². The first kappa shape index (κ1) is 17.5. The summed E-state index contributed by atoms with van der Waals surface area (Å²) in [6.07, 6.45) is 4.11. The van der Waals surface area contributed by atoms with Crippen molar-refractivity contribution in [2.75, 3.05) is 12.0 Å². The summed E-state index contributed by atoms with van der Waals surface area (Å²) in [5, 5.41) is 14.3. The summed E-state index contributed by atoms with van der Waals surface area (Å²) in [6.45, 7) is 2.12. The third-order valence-electron chi connectivity index (χ3n) is 3.45. The molecule has 2 rings (SSSR count). The second-order valence-corrected chi connectivity index (χ2v) is 6.24. The van der Waals surface area contributed by atoms with E-state index in [1.807, 2.05) is 13.2 Å². The Hall–Kier alpha value is -1.87. The van der Waals surface area contributed by atoms with E-state index < -0.39 is 17.4 Å².